The van der Waals surface area contributed by atoms with Crippen molar-refractivity contribution in [2.45, 2.75) is 26.8 Å². The minimum Gasteiger partial charge on any atom is -0.316 e. The van der Waals surface area contributed by atoms with E-state index in [9.17, 15) is 4.79 Å². The van der Waals surface area contributed by atoms with Crippen molar-refractivity contribution < 1.29 is 4.79 Å². The standard InChI is InChI=1S/C18H17ClN2OS2/c1-3-14-16(12-7-9-13(19)10-8-12)21(4-2)18(24-14)20-17(22)15-6-5-11-23-15/h5-11H,3-4H2,1-2H3. The maximum absolute atomic E-state index is 12.4. The second-order valence-corrected chi connectivity index (χ2v) is 7.60. The average molecular weight is 377 g/mol. The maximum atomic E-state index is 12.4. The Morgan fingerprint density at radius 2 is 1.96 bits per heavy atom. The van der Waals surface area contributed by atoms with Gasteiger partial charge in [-0.05, 0) is 42.5 Å². The number of amides is 1. The van der Waals surface area contributed by atoms with E-state index in [2.05, 4.69) is 23.4 Å². The van der Waals surface area contributed by atoms with Gasteiger partial charge in [0.15, 0.2) is 4.80 Å². The number of hydrogen-bond donors (Lipinski definition) is 0. The molecule has 0 spiro atoms. The summed E-state index contributed by atoms with van der Waals surface area (Å²) in [4.78, 5) is 19.4. The molecular formula is C18H17ClN2OS2. The van der Waals surface area contributed by atoms with Crippen LogP contribution in [0.25, 0.3) is 11.3 Å². The molecule has 2 aromatic heterocycles. The average Bonchev–Trinajstić information content (AvgIpc) is 3.23. The number of halogens is 1. The van der Waals surface area contributed by atoms with Gasteiger partial charge in [-0.2, -0.15) is 4.99 Å². The molecule has 0 bridgehead atoms. The smallest absolute Gasteiger partial charge is 0.289 e. The van der Waals surface area contributed by atoms with E-state index < -0.39 is 0 Å². The lowest BCUT2D eigenvalue weighted by Gasteiger charge is -2.08. The van der Waals surface area contributed by atoms with Crippen LogP contribution < -0.4 is 4.80 Å². The van der Waals surface area contributed by atoms with Crippen molar-refractivity contribution in [3.05, 3.63) is 61.4 Å². The monoisotopic (exact) mass is 376 g/mol. The number of aromatic nitrogens is 1. The van der Waals surface area contributed by atoms with Gasteiger partial charge in [0.1, 0.15) is 0 Å². The normalized spacial score (nSPS) is 11.9. The first kappa shape index (κ1) is 17.1. The fraction of sp³-hybridized carbons (Fsp3) is 0.222. The molecule has 3 aromatic rings. The molecule has 124 valence electrons. The molecule has 3 rings (SSSR count). The van der Waals surface area contributed by atoms with E-state index in [1.54, 1.807) is 17.4 Å². The van der Waals surface area contributed by atoms with Crippen LogP contribution in [0.2, 0.25) is 5.02 Å². The van der Waals surface area contributed by atoms with Crippen LogP contribution in [-0.4, -0.2) is 10.5 Å². The molecule has 0 radical (unpaired) electrons. The zero-order valence-corrected chi connectivity index (χ0v) is 15.8. The largest absolute Gasteiger partial charge is 0.316 e. The van der Waals surface area contributed by atoms with E-state index in [0.29, 0.717) is 9.90 Å². The molecule has 0 unspecified atom stereocenters. The third-order valence-electron chi connectivity index (χ3n) is 3.66. The molecule has 1 aromatic carbocycles. The maximum Gasteiger partial charge on any atom is 0.289 e. The predicted octanol–water partition coefficient (Wildman–Crippen LogP) is 5.25. The molecule has 0 saturated carbocycles. The van der Waals surface area contributed by atoms with Crippen LogP contribution in [0.5, 0.6) is 0 Å². The molecule has 0 atom stereocenters. The molecule has 0 aliphatic carbocycles. The van der Waals surface area contributed by atoms with Crippen molar-refractivity contribution in [3.8, 4) is 11.3 Å². The summed E-state index contributed by atoms with van der Waals surface area (Å²) >= 11 is 9.01. The summed E-state index contributed by atoms with van der Waals surface area (Å²) in [5, 5.41) is 2.61. The molecule has 1 amide bonds. The molecule has 0 saturated heterocycles. The fourth-order valence-corrected chi connectivity index (χ4v) is 4.42. The Hall–Kier alpha value is -1.69. The van der Waals surface area contributed by atoms with Gasteiger partial charge in [-0.25, -0.2) is 0 Å². The second-order valence-electron chi connectivity index (χ2n) is 5.16. The fourth-order valence-electron chi connectivity index (χ4n) is 2.54. The summed E-state index contributed by atoms with van der Waals surface area (Å²) in [5.41, 5.74) is 2.22. The highest BCUT2D eigenvalue weighted by atomic mass is 35.5. The van der Waals surface area contributed by atoms with Crippen LogP contribution in [-0.2, 0) is 13.0 Å². The van der Waals surface area contributed by atoms with E-state index in [0.717, 1.165) is 29.0 Å². The number of thiophene rings is 1. The highest BCUT2D eigenvalue weighted by Gasteiger charge is 2.15. The van der Waals surface area contributed by atoms with Crippen LogP contribution in [0, 0.1) is 0 Å². The quantitative estimate of drug-likeness (QED) is 0.611. The van der Waals surface area contributed by atoms with Gasteiger partial charge in [-0.1, -0.05) is 36.7 Å². The van der Waals surface area contributed by atoms with Crippen molar-refractivity contribution >= 4 is 40.2 Å². The highest BCUT2D eigenvalue weighted by molar-refractivity contribution is 7.12. The summed E-state index contributed by atoms with van der Waals surface area (Å²) in [6.45, 7) is 4.95. The highest BCUT2D eigenvalue weighted by Crippen LogP contribution is 2.27. The Balaban J connectivity index is 2.15. The third-order valence-corrected chi connectivity index (χ3v) is 6.00. The van der Waals surface area contributed by atoms with Gasteiger partial charge in [-0.3, -0.25) is 4.79 Å². The number of carbonyl (C=O) groups is 1. The third kappa shape index (κ3) is 3.38. The molecule has 0 fully saturated rings. The Morgan fingerprint density at radius 1 is 1.21 bits per heavy atom. The van der Waals surface area contributed by atoms with Crippen LogP contribution in [0.1, 0.15) is 28.4 Å². The zero-order valence-electron chi connectivity index (χ0n) is 13.5. The van der Waals surface area contributed by atoms with Crippen molar-refractivity contribution in [2.24, 2.45) is 4.99 Å². The number of benzene rings is 1. The Bertz CT molecular complexity index is 906. The second kappa shape index (κ2) is 7.47. The van der Waals surface area contributed by atoms with E-state index in [1.807, 2.05) is 35.7 Å². The van der Waals surface area contributed by atoms with Gasteiger partial charge < -0.3 is 4.57 Å². The van der Waals surface area contributed by atoms with E-state index in [1.165, 1.54) is 16.2 Å². The van der Waals surface area contributed by atoms with Gasteiger partial charge >= 0.3 is 0 Å². The number of rotatable bonds is 4. The van der Waals surface area contributed by atoms with E-state index in [-0.39, 0.29) is 5.91 Å². The summed E-state index contributed by atoms with van der Waals surface area (Å²) in [5.74, 6) is -0.182. The van der Waals surface area contributed by atoms with E-state index >= 15 is 0 Å². The Kier molecular flexibility index (Phi) is 5.33. The zero-order chi connectivity index (χ0) is 17.1. The van der Waals surface area contributed by atoms with Gasteiger partial charge in [0.2, 0.25) is 0 Å². The first-order valence-corrected chi connectivity index (χ1v) is 9.82. The Morgan fingerprint density at radius 3 is 2.54 bits per heavy atom. The number of nitrogens with zero attached hydrogens (tertiary/aromatic N) is 2. The van der Waals surface area contributed by atoms with Gasteiger partial charge in [-0.15, -0.1) is 22.7 Å². The number of aryl methyl sites for hydroxylation is 1. The molecular weight excluding hydrogens is 360 g/mol. The number of carbonyl (C=O) groups excluding carboxylic acids is 1. The molecule has 24 heavy (non-hydrogen) atoms. The molecule has 3 nitrogen and oxygen atoms in total. The number of thiazole rings is 1. The molecule has 0 N–H and O–H groups in total. The van der Waals surface area contributed by atoms with Gasteiger partial charge in [0.25, 0.3) is 5.91 Å². The van der Waals surface area contributed by atoms with Crippen molar-refractivity contribution in [1.29, 1.82) is 0 Å². The lowest BCUT2D eigenvalue weighted by Crippen LogP contribution is -2.16. The Labute approximate surface area is 153 Å². The summed E-state index contributed by atoms with van der Waals surface area (Å²) in [7, 11) is 0. The van der Waals surface area contributed by atoms with Crippen LogP contribution in [0.4, 0.5) is 0 Å². The van der Waals surface area contributed by atoms with Gasteiger partial charge in [0.05, 0.1) is 10.6 Å². The van der Waals surface area contributed by atoms with Crippen LogP contribution >= 0.6 is 34.3 Å². The first-order chi connectivity index (χ1) is 11.6. The number of hydrogen-bond acceptors (Lipinski definition) is 3. The van der Waals surface area contributed by atoms with Crippen LogP contribution in [0.3, 0.4) is 0 Å². The summed E-state index contributed by atoms with van der Waals surface area (Å²) in [6, 6.07) is 11.5. The van der Waals surface area contributed by atoms with Crippen LogP contribution in [0.15, 0.2) is 46.8 Å². The molecule has 6 heteroatoms. The lowest BCUT2D eigenvalue weighted by molar-refractivity contribution is 0.100. The van der Waals surface area contributed by atoms with Crippen molar-refractivity contribution in [2.75, 3.05) is 0 Å². The topological polar surface area (TPSA) is 34.4 Å². The van der Waals surface area contributed by atoms with Crippen molar-refractivity contribution in [3.63, 3.8) is 0 Å². The lowest BCUT2D eigenvalue weighted by atomic mass is 10.1. The molecule has 2 heterocycles. The van der Waals surface area contributed by atoms with E-state index in [4.69, 9.17) is 11.6 Å². The minimum absolute atomic E-state index is 0.182. The molecule has 0 aliphatic heterocycles. The van der Waals surface area contributed by atoms with Crippen molar-refractivity contribution in [1.82, 2.24) is 4.57 Å². The van der Waals surface area contributed by atoms with Gasteiger partial charge in [0, 0.05) is 16.4 Å². The minimum atomic E-state index is -0.182. The molecule has 0 aliphatic rings. The first-order valence-electron chi connectivity index (χ1n) is 7.75. The summed E-state index contributed by atoms with van der Waals surface area (Å²) < 4.78 is 2.11. The SMILES string of the molecule is CCc1sc(=NC(=O)c2cccs2)n(CC)c1-c1ccc(Cl)cc1. The summed E-state index contributed by atoms with van der Waals surface area (Å²) in [6.07, 6.45) is 0.894. The predicted molar refractivity (Wildman–Crippen MR) is 102 cm³/mol.